The Kier molecular flexibility index (Phi) is 4.84. The first-order chi connectivity index (χ1) is 12.2. The predicted molar refractivity (Wildman–Crippen MR) is 98.6 cm³/mol. The van der Waals surface area contributed by atoms with Crippen LogP contribution in [0, 0.1) is 10.1 Å². The van der Waals surface area contributed by atoms with Crippen molar-refractivity contribution in [3.8, 4) is 0 Å². The smallest absolute Gasteiger partial charge is 0.270 e. The monoisotopic (exact) mass is 335 g/mol. The Morgan fingerprint density at radius 3 is 2.64 bits per heavy atom. The number of aromatic nitrogens is 2. The fourth-order valence-corrected chi connectivity index (χ4v) is 2.39. The van der Waals surface area contributed by atoms with E-state index < -0.39 is 4.92 Å². The fraction of sp³-hybridized carbons (Fsp3) is 0.111. The van der Waals surface area contributed by atoms with E-state index in [1.807, 2.05) is 30.3 Å². The number of nitro groups is 1. The van der Waals surface area contributed by atoms with Crippen LogP contribution in [0.15, 0.2) is 61.2 Å². The number of anilines is 2. The summed E-state index contributed by atoms with van der Waals surface area (Å²) in [5.74, 6) is 0.987. The minimum absolute atomic E-state index is 0.00254. The number of nitrogens with zero attached hydrogens (tertiary/aromatic N) is 3. The summed E-state index contributed by atoms with van der Waals surface area (Å²) in [6.45, 7) is 4.75. The Hall–Kier alpha value is -3.48. The van der Waals surface area contributed by atoms with Gasteiger partial charge in [-0.3, -0.25) is 10.1 Å². The van der Waals surface area contributed by atoms with Crippen molar-refractivity contribution in [3.05, 3.63) is 76.9 Å². The molecule has 1 heterocycles. The van der Waals surface area contributed by atoms with E-state index in [2.05, 4.69) is 27.2 Å². The SMILES string of the molecule is C=CCNc1nc(NCc2ccccc2)nc2ccc([N+](=O)[O-])cc12. The topological polar surface area (TPSA) is 93.0 Å². The summed E-state index contributed by atoms with van der Waals surface area (Å²) in [5, 5.41) is 17.9. The first-order valence-corrected chi connectivity index (χ1v) is 7.76. The van der Waals surface area contributed by atoms with Gasteiger partial charge in [0, 0.05) is 30.6 Å². The number of fused-ring (bicyclic) bond motifs is 1. The molecule has 0 aliphatic rings. The zero-order valence-electron chi connectivity index (χ0n) is 13.5. The fourth-order valence-electron chi connectivity index (χ4n) is 2.39. The maximum absolute atomic E-state index is 11.0. The molecule has 2 N–H and O–H groups in total. The standard InChI is InChI=1S/C18H17N5O2/c1-2-10-19-17-15-11-14(23(24)25)8-9-16(15)21-18(22-17)20-12-13-6-4-3-5-7-13/h2-9,11H,1,10,12H2,(H2,19,20,21,22). The first kappa shape index (κ1) is 16.4. The third-order valence-electron chi connectivity index (χ3n) is 3.60. The Morgan fingerprint density at radius 2 is 1.92 bits per heavy atom. The molecular formula is C18H17N5O2. The largest absolute Gasteiger partial charge is 0.366 e. The van der Waals surface area contributed by atoms with Gasteiger partial charge < -0.3 is 10.6 Å². The van der Waals surface area contributed by atoms with Gasteiger partial charge in [0.05, 0.1) is 10.4 Å². The highest BCUT2D eigenvalue weighted by Gasteiger charge is 2.12. The van der Waals surface area contributed by atoms with Crippen molar-refractivity contribution in [2.75, 3.05) is 17.2 Å². The number of rotatable bonds is 7. The highest BCUT2D eigenvalue weighted by Crippen LogP contribution is 2.26. The number of hydrogen-bond acceptors (Lipinski definition) is 6. The van der Waals surface area contributed by atoms with Gasteiger partial charge in [-0.1, -0.05) is 36.4 Å². The molecule has 0 radical (unpaired) electrons. The summed E-state index contributed by atoms with van der Waals surface area (Å²) in [7, 11) is 0. The van der Waals surface area contributed by atoms with Crippen molar-refractivity contribution in [1.82, 2.24) is 9.97 Å². The number of benzene rings is 2. The van der Waals surface area contributed by atoms with Crippen LogP contribution < -0.4 is 10.6 Å². The first-order valence-electron chi connectivity index (χ1n) is 7.76. The lowest BCUT2D eigenvalue weighted by atomic mass is 10.2. The van der Waals surface area contributed by atoms with E-state index in [-0.39, 0.29) is 5.69 Å². The normalized spacial score (nSPS) is 10.4. The maximum atomic E-state index is 11.0. The molecule has 0 bridgehead atoms. The summed E-state index contributed by atoms with van der Waals surface area (Å²) in [6, 6.07) is 14.4. The third kappa shape index (κ3) is 3.89. The van der Waals surface area contributed by atoms with Crippen molar-refractivity contribution in [3.63, 3.8) is 0 Å². The van der Waals surface area contributed by atoms with E-state index in [1.54, 1.807) is 12.1 Å². The molecule has 0 fully saturated rings. The lowest BCUT2D eigenvalue weighted by Gasteiger charge is -2.11. The van der Waals surface area contributed by atoms with Crippen LogP contribution in [0.3, 0.4) is 0 Å². The zero-order chi connectivity index (χ0) is 17.6. The van der Waals surface area contributed by atoms with E-state index in [4.69, 9.17) is 0 Å². The second-order valence-electron chi connectivity index (χ2n) is 5.36. The molecular weight excluding hydrogens is 318 g/mol. The van der Waals surface area contributed by atoms with Gasteiger partial charge in [-0.25, -0.2) is 4.98 Å². The molecule has 0 aliphatic heterocycles. The van der Waals surface area contributed by atoms with Crippen molar-refractivity contribution < 1.29 is 4.92 Å². The Labute approximate surface area is 144 Å². The van der Waals surface area contributed by atoms with Gasteiger partial charge in [-0.05, 0) is 11.6 Å². The van der Waals surface area contributed by atoms with Gasteiger partial charge in [0.2, 0.25) is 5.95 Å². The molecule has 0 unspecified atom stereocenters. The number of hydrogen-bond donors (Lipinski definition) is 2. The molecule has 1 aromatic heterocycles. The second-order valence-corrected chi connectivity index (χ2v) is 5.36. The van der Waals surface area contributed by atoms with Gasteiger partial charge in [0.15, 0.2) is 0 Å². The van der Waals surface area contributed by atoms with Crippen LogP contribution in [0.1, 0.15) is 5.56 Å². The van der Waals surface area contributed by atoms with Crippen LogP contribution in [0.5, 0.6) is 0 Å². The third-order valence-corrected chi connectivity index (χ3v) is 3.60. The van der Waals surface area contributed by atoms with Gasteiger partial charge in [-0.2, -0.15) is 4.98 Å². The minimum atomic E-state index is -0.432. The quantitative estimate of drug-likeness (QED) is 0.388. The van der Waals surface area contributed by atoms with E-state index in [1.165, 1.54) is 12.1 Å². The molecule has 0 saturated carbocycles. The van der Waals surface area contributed by atoms with Gasteiger partial charge in [-0.15, -0.1) is 6.58 Å². The Morgan fingerprint density at radius 1 is 1.12 bits per heavy atom. The molecule has 25 heavy (non-hydrogen) atoms. The maximum Gasteiger partial charge on any atom is 0.270 e. The predicted octanol–water partition coefficient (Wildman–Crippen LogP) is 3.75. The molecule has 0 amide bonds. The Balaban J connectivity index is 1.95. The number of nitro benzene ring substituents is 1. The second kappa shape index (κ2) is 7.39. The van der Waals surface area contributed by atoms with Crippen molar-refractivity contribution in [2.24, 2.45) is 0 Å². The molecule has 0 spiro atoms. The molecule has 0 aliphatic carbocycles. The average Bonchev–Trinajstić information content (AvgIpc) is 2.64. The molecule has 3 rings (SSSR count). The number of nitrogens with one attached hydrogen (secondary N) is 2. The lowest BCUT2D eigenvalue weighted by Crippen LogP contribution is -2.08. The molecule has 7 nitrogen and oxygen atoms in total. The van der Waals surface area contributed by atoms with Crippen LogP contribution in [0.25, 0.3) is 10.9 Å². The van der Waals surface area contributed by atoms with Gasteiger partial charge in [0.25, 0.3) is 5.69 Å². The van der Waals surface area contributed by atoms with Crippen LogP contribution in [-0.2, 0) is 6.54 Å². The van der Waals surface area contributed by atoms with E-state index in [9.17, 15) is 10.1 Å². The van der Waals surface area contributed by atoms with E-state index in [0.717, 1.165) is 5.56 Å². The summed E-state index contributed by atoms with van der Waals surface area (Å²) in [5.41, 5.74) is 1.74. The van der Waals surface area contributed by atoms with E-state index >= 15 is 0 Å². The zero-order valence-corrected chi connectivity index (χ0v) is 13.5. The highest BCUT2D eigenvalue weighted by atomic mass is 16.6. The Bertz CT molecular complexity index is 912. The van der Waals surface area contributed by atoms with E-state index in [0.29, 0.717) is 35.8 Å². The molecule has 0 atom stereocenters. The summed E-state index contributed by atoms with van der Waals surface area (Å²) in [4.78, 5) is 19.5. The molecule has 126 valence electrons. The lowest BCUT2D eigenvalue weighted by molar-refractivity contribution is -0.384. The van der Waals surface area contributed by atoms with Crippen molar-refractivity contribution in [1.29, 1.82) is 0 Å². The molecule has 0 saturated heterocycles. The van der Waals surface area contributed by atoms with Crippen LogP contribution in [-0.4, -0.2) is 21.4 Å². The summed E-state index contributed by atoms with van der Waals surface area (Å²) < 4.78 is 0. The molecule has 7 heteroatoms. The molecule has 3 aromatic rings. The minimum Gasteiger partial charge on any atom is -0.366 e. The van der Waals surface area contributed by atoms with Crippen molar-refractivity contribution in [2.45, 2.75) is 6.54 Å². The summed E-state index contributed by atoms with van der Waals surface area (Å²) in [6.07, 6.45) is 1.70. The number of non-ortho nitro benzene ring substituents is 1. The van der Waals surface area contributed by atoms with Crippen LogP contribution in [0.4, 0.5) is 17.5 Å². The van der Waals surface area contributed by atoms with Gasteiger partial charge >= 0.3 is 0 Å². The van der Waals surface area contributed by atoms with Crippen LogP contribution >= 0.6 is 0 Å². The van der Waals surface area contributed by atoms with Crippen molar-refractivity contribution >= 4 is 28.4 Å². The highest BCUT2D eigenvalue weighted by molar-refractivity contribution is 5.91. The van der Waals surface area contributed by atoms with Gasteiger partial charge in [0.1, 0.15) is 5.82 Å². The molecule has 2 aromatic carbocycles. The summed E-state index contributed by atoms with van der Waals surface area (Å²) >= 11 is 0. The average molecular weight is 335 g/mol. The van der Waals surface area contributed by atoms with Crippen LogP contribution in [0.2, 0.25) is 0 Å².